The Morgan fingerprint density at radius 3 is 2.67 bits per heavy atom. The van der Waals surface area contributed by atoms with Crippen molar-refractivity contribution in [2.24, 2.45) is 0 Å². The molecule has 0 amide bonds. The molecule has 0 saturated carbocycles. The van der Waals surface area contributed by atoms with E-state index in [0.717, 1.165) is 27.4 Å². The molecule has 5 nitrogen and oxygen atoms in total. The average molecular weight is 337 g/mol. The van der Waals surface area contributed by atoms with E-state index in [9.17, 15) is 4.79 Å². The summed E-state index contributed by atoms with van der Waals surface area (Å²) < 4.78 is 6.68. The van der Waals surface area contributed by atoms with Crippen LogP contribution in [-0.2, 0) is 0 Å². The van der Waals surface area contributed by atoms with Crippen LogP contribution < -0.4 is 10.3 Å². The molecule has 0 aliphatic rings. The number of H-pyrrole nitrogens is 1. The fourth-order valence-corrected chi connectivity index (χ4v) is 3.60. The van der Waals surface area contributed by atoms with E-state index in [2.05, 4.69) is 5.10 Å². The number of thiophene rings is 1. The standard InChI is InChI=1S/C18H15N3O2S/c1-11-17(15-4-3-9-24-15)18-19-14(10-16(22)21(18)20-11)12-5-7-13(23-2)8-6-12/h3-10,20H,1-2H3. The molecule has 3 heterocycles. The molecule has 0 radical (unpaired) electrons. The van der Waals surface area contributed by atoms with Crippen LogP contribution in [-0.4, -0.2) is 21.7 Å². The molecule has 4 aromatic rings. The predicted octanol–water partition coefficient (Wildman–Crippen LogP) is 3.74. The van der Waals surface area contributed by atoms with Crippen molar-refractivity contribution < 1.29 is 4.74 Å². The third-order valence-electron chi connectivity index (χ3n) is 3.95. The number of benzene rings is 1. The number of aryl methyl sites for hydroxylation is 1. The molecule has 0 atom stereocenters. The number of hydrogen-bond acceptors (Lipinski definition) is 4. The van der Waals surface area contributed by atoms with Crippen molar-refractivity contribution in [2.75, 3.05) is 7.11 Å². The highest BCUT2D eigenvalue weighted by Crippen LogP contribution is 2.31. The van der Waals surface area contributed by atoms with Gasteiger partial charge in [0, 0.05) is 22.2 Å². The monoisotopic (exact) mass is 337 g/mol. The normalized spacial score (nSPS) is 11.1. The lowest BCUT2D eigenvalue weighted by molar-refractivity contribution is 0.415. The van der Waals surface area contributed by atoms with Crippen molar-refractivity contribution in [3.63, 3.8) is 0 Å². The van der Waals surface area contributed by atoms with Gasteiger partial charge in [-0.15, -0.1) is 11.3 Å². The average Bonchev–Trinajstić information content (AvgIpc) is 3.22. The molecule has 24 heavy (non-hydrogen) atoms. The summed E-state index contributed by atoms with van der Waals surface area (Å²) in [4.78, 5) is 18.3. The van der Waals surface area contributed by atoms with E-state index in [-0.39, 0.29) is 5.56 Å². The smallest absolute Gasteiger partial charge is 0.273 e. The van der Waals surface area contributed by atoms with Gasteiger partial charge in [-0.2, -0.15) is 0 Å². The number of aromatic nitrogens is 3. The summed E-state index contributed by atoms with van der Waals surface area (Å²) in [6.45, 7) is 1.95. The first-order valence-corrected chi connectivity index (χ1v) is 8.36. The summed E-state index contributed by atoms with van der Waals surface area (Å²) in [6.07, 6.45) is 0. The van der Waals surface area contributed by atoms with Gasteiger partial charge in [0.05, 0.1) is 18.4 Å². The van der Waals surface area contributed by atoms with Gasteiger partial charge in [-0.05, 0) is 42.6 Å². The van der Waals surface area contributed by atoms with Crippen molar-refractivity contribution in [1.29, 1.82) is 0 Å². The Hall–Kier alpha value is -2.86. The molecule has 0 saturated heterocycles. The summed E-state index contributed by atoms with van der Waals surface area (Å²) in [5.74, 6) is 0.772. The van der Waals surface area contributed by atoms with Gasteiger partial charge in [0.2, 0.25) is 0 Å². The fraction of sp³-hybridized carbons (Fsp3) is 0.111. The summed E-state index contributed by atoms with van der Waals surface area (Å²) >= 11 is 1.63. The molecule has 0 bridgehead atoms. The topological polar surface area (TPSA) is 59.4 Å². The SMILES string of the molecule is COc1ccc(-c2cc(=O)n3[nH]c(C)c(-c4cccs4)c3n2)cc1. The molecule has 0 unspecified atom stereocenters. The van der Waals surface area contributed by atoms with Crippen LogP contribution in [0.25, 0.3) is 27.3 Å². The minimum Gasteiger partial charge on any atom is -0.497 e. The van der Waals surface area contributed by atoms with Crippen molar-refractivity contribution in [3.8, 4) is 27.4 Å². The Bertz CT molecular complexity index is 1060. The zero-order valence-corrected chi connectivity index (χ0v) is 14.1. The second kappa shape index (κ2) is 5.65. The highest BCUT2D eigenvalue weighted by molar-refractivity contribution is 7.13. The van der Waals surface area contributed by atoms with Gasteiger partial charge in [-0.1, -0.05) is 6.07 Å². The van der Waals surface area contributed by atoms with Crippen LogP contribution in [0.15, 0.2) is 52.6 Å². The molecule has 0 aliphatic heterocycles. The maximum absolute atomic E-state index is 12.5. The van der Waals surface area contributed by atoms with Gasteiger partial charge in [0.25, 0.3) is 5.56 Å². The third kappa shape index (κ3) is 2.32. The Morgan fingerprint density at radius 1 is 1.21 bits per heavy atom. The largest absolute Gasteiger partial charge is 0.497 e. The summed E-state index contributed by atoms with van der Waals surface area (Å²) in [6, 6.07) is 13.1. The maximum Gasteiger partial charge on any atom is 0.273 e. The van der Waals surface area contributed by atoms with Crippen LogP contribution in [0.1, 0.15) is 5.69 Å². The van der Waals surface area contributed by atoms with Gasteiger partial charge in [-0.25, -0.2) is 9.50 Å². The van der Waals surface area contributed by atoms with E-state index in [1.165, 1.54) is 4.52 Å². The second-order valence-electron chi connectivity index (χ2n) is 5.46. The Labute approximate surface area is 142 Å². The first kappa shape index (κ1) is 14.7. The highest BCUT2D eigenvalue weighted by atomic mass is 32.1. The lowest BCUT2D eigenvalue weighted by Crippen LogP contribution is -2.14. The number of nitrogens with zero attached hydrogens (tertiary/aromatic N) is 2. The van der Waals surface area contributed by atoms with Gasteiger partial charge < -0.3 is 4.74 Å². The number of hydrogen-bond donors (Lipinski definition) is 1. The Balaban J connectivity index is 1.95. The molecule has 0 aliphatic carbocycles. The maximum atomic E-state index is 12.5. The van der Waals surface area contributed by atoms with Crippen molar-refractivity contribution in [3.05, 3.63) is 63.9 Å². The van der Waals surface area contributed by atoms with Crippen LogP contribution in [0, 0.1) is 6.92 Å². The van der Waals surface area contributed by atoms with Crippen LogP contribution in [0.3, 0.4) is 0 Å². The third-order valence-corrected chi connectivity index (χ3v) is 4.84. The van der Waals surface area contributed by atoms with Crippen LogP contribution in [0.2, 0.25) is 0 Å². The molecular weight excluding hydrogens is 322 g/mol. The number of methoxy groups -OCH3 is 1. The van der Waals surface area contributed by atoms with Gasteiger partial charge in [-0.3, -0.25) is 9.89 Å². The van der Waals surface area contributed by atoms with E-state index in [1.54, 1.807) is 24.5 Å². The van der Waals surface area contributed by atoms with E-state index in [1.807, 2.05) is 48.7 Å². The predicted molar refractivity (Wildman–Crippen MR) is 95.9 cm³/mol. The fourth-order valence-electron chi connectivity index (χ4n) is 2.77. The highest BCUT2D eigenvalue weighted by Gasteiger charge is 2.15. The molecule has 120 valence electrons. The second-order valence-corrected chi connectivity index (χ2v) is 6.40. The van der Waals surface area contributed by atoms with Gasteiger partial charge in [0.1, 0.15) is 5.75 Å². The minimum atomic E-state index is -0.128. The zero-order valence-electron chi connectivity index (χ0n) is 13.2. The number of fused-ring (bicyclic) bond motifs is 1. The van der Waals surface area contributed by atoms with E-state index in [4.69, 9.17) is 9.72 Å². The number of aromatic amines is 1. The Morgan fingerprint density at radius 2 is 2.00 bits per heavy atom. The molecule has 0 fully saturated rings. The summed E-state index contributed by atoms with van der Waals surface area (Å²) in [5, 5.41) is 5.13. The van der Waals surface area contributed by atoms with Crippen LogP contribution in [0.5, 0.6) is 5.75 Å². The first-order valence-electron chi connectivity index (χ1n) is 7.48. The zero-order chi connectivity index (χ0) is 16.7. The van der Waals surface area contributed by atoms with Gasteiger partial charge >= 0.3 is 0 Å². The van der Waals surface area contributed by atoms with E-state index in [0.29, 0.717) is 11.3 Å². The Kier molecular flexibility index (Phi) is 3.46. The van der Waals surface area contributed by atoms with Crippen molar-refractivity contribution in [2.45, 2.75) is 6.92 Å². The van der Waals surface area contributed by atoms with Crippen molar-refractivity contribution in [1.82, 2.24) is 14.6 Å². The first-order chi connectivity index (χ1) is 11.7. The summed E-state index contributed by atoms with van der Waals surface area (Å²) in [5.41, 5.74) is 3.95. The number of ether oxygens (including phenoxy) is 1. The number of nitrogens with one attached hydrogen (secondary N) is 1. The molecule has 4 rings (SSSR count). The lowest BCUT2D eigenvalue weighted by atomic mass is 10.1. The van der Waals surface area contributed by atoms with E-state index >= 15 is 0 Å². The quantitative estimate of drug-likeness (QED) is 0.619. The van der Waals surface area contributed by atoms with Crippen LogP contribution in [0.4, 0.5) is 0 Å². The summed E-state index contributed by atoms with van der Waals surface area (Å²) in [7, 11) is 1.63. The molecular formula is C18H15N3O2S. The molecule has 0 spiro atoms. The van der Waals surface area contributed by atoms with Gasteiger partial charge in [0.15, 0.2) is 5.65 Å². The van der Waals surface area contributed by atoms with Crippen molar-refractivity contribution >= 4 is 17.0 Å². The molecule has 1 aromatic carbocycles. The molecule has 3 aromatic heterocycles. The van der Waals surface area contributed by atoms with Crippen LogP contribution >= 0.6 is 11.3 Å². The lowest BCUT2D eigenvalue weighted by Gasteiger charge is -2.04. The molecule has 1 N–H and O–H groups in total. The molecule has 6 heteroatoms. The van der Waals surface area contributed by atoms with E-state index < -0.39 is 0 Å². The number of rotatable bonds is 3. The minimum absolute atomic E-state index is 0.128.